The first kappa shape index (κ1) is 10.8. The number of anilines is 2. The highest BCUT2D eigenvalue weighted by molar-refractivity contribution is 5.60. The summed E-state index contributed by atoms with van der Waals surface area (Å²) in [6.45, 7) is 2.16. The van der Waals surface area contributed by atoms with Gasteiger partial charge in [-0.1, -0.05) is 6.92 Å². The molecule has 1 aliphatic rings. The number of rotatable bonds is 2. The zero-order valence-corrected chi connectivity index (χ0v) is 9.41. The van der Waals surface area contributed by atoms with Gasteiger partial charge in [0, 0.05) is 13.1 Å². The number of nitrogen functional groups attached to an aromatic ring is 1. The molecule has 0 saturated heterocycles. The molecule has 0 unspecified atom stereocenters. The fourth-order valence-corrected chi connectivity index (χ4v) is 2.00. The first-order chi connectivity index (χ1) is 7.49. The first-order valence-corrected chi connectivity index (χ1v) is 5.34. The minimum absolute atomic E-state index is 0.188. The van der Waals surface area contributed by atoms with Crippen LogP contribution in [0.5, 0.6) is 0 Å². The molecule has 4 N–H and O–H groups in total. The number of hydrogen-bond donors (Lipinski definition) is 3. The predicted molar refractivity (Wildman–Crippen MR) is 62.5 cm³/mol. The van der Waals surface area contributed by atoms with E-state index in [1.807, 2.05) is 0 Å². The number of nitrogens with two attached hydrogens (primary N) is 1. The smallest absolute Gasteiger partial charge is 0.329 e. The normalized spacial score (nSPS) is 23.9. The highest BCUT2D eigenvalue weighted by Gasteiger charge is 2.26. The molecule has 1 aliphatic carbocycles. The fourth-order valence-electron chi connectivity index (χ4n) is 2.00. The van der Waals surface area contributed by atoms with E-state index in [2.05, 4.69) is 17.2 Å². The highest BCUT2D eigenvalue weighted by atomic mass is 16.2. The van der Waals surface area contributed by atoms with E-state index >= 15 is 0 Å². The van der Waals surface area contributed by atoms with Gasteiger partial charge in [0.2, 0.25) is 0 Å². The van der Waals surface area contributed by atoms with Crippen LogP contribution in [0.25, 0.3) is 0 Å². The Morgan fingerprint density at radius 1 is 1.44 bits per heavy atom. The number of aromatic nitrogens is 2. The monoisotopic (exact) mass is 224 g/mol. The summed E-state index contributed by atoms with van der Waals surface area (Å²) < 4.78 is 1.23. The van der Waals surface area contributed by atoms with Gasteiger partial charge in [0.1, 0.15) is 11.5 Å². The maximum absolute atomic E-state index is 11.6. The number of nitrogens with zero attached hydrogens (tertiary/aromatic N) is 1. The van der Waals surface area contributed by atoms with Crippen LogP contribution >= 0.6 is 0 Å². The Bertz CT molecular complexity index is 511. The molecule has 6 nitrogen and oxygen atoms in total. The second-order valence-corrected chi connectivity index (χ2v) is 4.50. The van der Waals surface area contributed by atoms with Gasteiger partial charge in [-0.25, -0.2) is 4.79 Å². The first-order valence-electron chi connectivity index (χ1n) is 5.34. The SMILES string of the molecule is CC1CC(Nc2c(N)n(C)c(=O)[nH]c2=O)C1. The second kappa shape index (κ2) is 3.70. The molecule has 6 heteroatoms. The third-order valence-corrected chi connectivity index (χ3v) is 3.09. The third-order valence-electron chi connectivity index (χ3n) is 3.09. The molecule has 0 aliphatic heterocycles. The summed E-state index contributed by atoms with van der Waals surface area (Å²) in [4.78, 5) is 25.0. The molecule has 1 aromatic rings. The maximum atomic E-state index is 11.6. The average molecular weight is 224 g/mol. The molecule has 0 aromatic carbocycles. The number of hydrogen-bond acceptors (Lipinski definition) is 4. The van der Waals surface area contributed by atoms with E-state index in [1.54, 1.807) is 0 Å². The van der Waals surface area contributed by atoms with Crippen molar-refractivity contribution in [3.8, 4) is 0 Å². The van der Waals surface area contributed by atoms with Gasteiger partial charge in [-0.2, -0.15) is 0 Å². The largest absolute Gasteiger partial charge is 0.383 e. The van der Waals surface area contributed by atoms with Crippen molar-refractivity contribution in [2.45, 2.75) is 25.8 Å². The minimum Gasteiger partial charge on any atom is -0.383 e. The molecule has 0 radical (unpaired) electrons. The highest BCUT2D eigenvalue weighted by Crippen LogP contribution is 2.29. The van der Waals surface area contributed by atoms with Crippen LogP contribution in [0, 0.1) is 5.92 Å². The van der Waals surface area contributed by atoms with Crippen molar-refractivity contribution in [3.63, 3.8) is 0 Å². The maximum Gasteiger partial charge on any atom is 0.329 e. The van der Waals surface area contributed by atoms with Crippen LogP contribution in [0.2, 0.25) is 0 Å². The molecule has 1 heterocycles. The molecule has 0 amide bonds. The van der Waals surface area contributed by atoms with Crippen molar-refractivity contribution in [1.82, 2.24) is 9.55 Å². The van der Waals surface area contributed by atoms with Gasteiger partial charge in [0.15, 0.2) is 0 Å². The topological polar surface area (TPSA) is 92.9 Å². The molecule has 0 atom stereocenters. The van der Waals surface area contributed by atoms with Crippen molar-refractivity contribution in [3.05, 3.63) is 20.8 Å². The molecule has 1 aromatic heterocycles. The van der Waals surface area contributed by atoms with Gasteiger partial charge in [-0.3, -0.25) is 14.3 Å². The molecule has 1 saturated carbocycles. The van der Waals surface area contributed by atoms with Crippen LogP contribution in [0.1, 0.15) is 19.8 Å². The Morgan fingerprint density at radius 3 is 2.62 bits per heavy atom. The van der Waals surface area contributed by atoms with Gasteiger partial charge in [0.25, 0.3) is 5.56 Å². The third kappa shape index (κ3) is 1.70. The lowest BCUT2D eigenvalue weighted by molar-refractivity contribution is 0.309. The van der Waals surface area contributed by atoms with Gasteiger partial charge >= 0.3 is 5.69 Å². The standard InChI is InChI=1S/C10H16N4O2/c1-5-3-6(4-5)12-7-8(11)14(2)10(16)13-9(7)15/h5-6,12H,3-4,11H2,1-2H3,(H,13,15,16). The molecule has 0 spiro atoms. The lowest BCUT2D eigenvalue weighted by Gasteiger charge is -2.34. The van der Waals surface area contributed by atoms with Crippen LogP contribution in [-0.2, 0) is 7.05 Å². The molecule has 88 valence electrons. The van der Waals surface area contributed by atoms with Crippen molar-refractivity contribution < 1.29 is 0 Å². The Hall–Kier alpha value is -1.72. The van der Waals surface area contributed by atoms with Gasteiger partial charge in [0.05, 0.1) is 0 Å². The summed E-state index contributed by atoms with van der Waals surface area (Å²) in [7, 11) is 1.53. The average Bonchev–Trinajstić information content (AvgIpc) is 2.18. The minimum atomic E-state index is -0.491. The molecule has 16 heavy (non-hydrogen) atoms. The van der Waals surface area contributed by atoms with Crippen LogP contribution in [-0.4, -0.2) is 15.6 Å². The lowest BCUT2D eigenvalue weighted by atomic mass is 9.82. The summed E-state index contributed by atoms with van der Waals surface area (Å²) in [6, 6.07) is 0.288. The van der Waals surface area contributed by atoms with E-state index in [1.165, 1.54) is 11.6 Å². The van der Waals surface area contributed by atoms with Crippen molar-refractivity contribution in [2.75, 3.05) is 11.1 Å². The number of nitrogens with one attached hydrogen (secondary N) is 2. The van der Waals surface area contributed by atoms with E-state index < -0.39 is 11.2 Å². The summed E-state index contributed by atoms with van der Waals surface area (Å²) in [6.07, 6.45) is 2.06. The predicted octanol–water partition coefficient (Wildman–Crippen LogP) is -0.134. The van der Waals surface area contributed by atoms with Crippen molar-refractivity contribution in [2.24, 2.45) is 13.0 Å². The molecule has 2 rings (SSSR count). The molecular formula is C10H16N4O2. The Balaban J connectivity index is 2.30. The van der Waals surface area contributed by atoms with E-state index in [0.717, 1.165) is 12.8 Å². The second-order valence-electron chi connectivity index (χ2n) is 4.50. The molecular weight excluding hydrogens is 208 g/mol. The van der Waals surface area contributed by atoms with Gasteiger partial charge < -0.3 is 11.1 Å². The molecule has 1 fully saturated rings. The zero-order chi connectivity index (χ0) is 11.9. The van der Waals surface area contributed by atoms with Crippen LogP contribution in [0.3, 0.4) is 0 Å². The summed E-state index contributed by atoms with van der Waals surface area (Å²) >= 11 is 0. The van der Waals surface area contributed by atoms with E-state index in [9.17, 15) is 9.59 Å². The van der Waals surface area contributed by atoms with E-state index in [0.29, 0.717) is 11.6 Å². The fraction of sp³-hybridized carbons (Fsp3) is 0.600. The van der Waals surface area contributed by atoms with Gasteiger partial charge in [-0.15, -0.1) is 0 Å². The van der Waals surface area contributed by atoms with Crippen molar-refractivity contribution >= 4 is 11.5 Å². The van der Waals surface area contributed by atoms with Crippen LogP contribution in [0.4, 0.5) is 11.5 Å². The quantitative estimate of drug-likeness (QED) is 0.652. The van der Waals surface area contributed by atoms with Crippen molar-refractivity contribution in [1.29, 1.82) is 0 Å². The van der Waals surface area contributed by atoms with E-state index in [4.69, 9.17) is 5.73 Å². The number of aromatic amines is 1. The van der Waals surface area contributed by atoms with E-state index in [-0.39, 0.29) is 11.9 Å². The molecule has 0 bridgehead atoms. The van der Waals surface area contributed by atoms with Crippen LogP contribution < -0.4 is 22.3 Å². The summed E-state index contributed by atoms with van der Waals surface area (Å²) in [5, 5.41) is 3.08. The Labute approximate surface area is 92.5 Å². The Morgan fingerprint density at radius 2 is 2.06 bits per heavy atom. The van der Waals surface area contributed by atoms with Crippen LogP contribution in [0.15, 0.2) is 9.59 Å². The summed E-state index contributed by atoms with van der Waals surface area (Å²) in [5.74, 6) is 0.874. The van der Waals surface area contributed by atoms with Gasteiger partial charge in [-0.05, 0) is 18.8 Å². The Kier molecular flexibility index (Phi) is 2.49. The number of H-pyrrole nitrogens is 1. The zero-order valence-electron chi connectivity index (χ0n) is 9.41. The summed E-state index contributed by atoms with van der Waals surface area (Å²) in [5.41, 5.74) is 5.10. The lowest BCUT2D eigenvalue weighted by Crippen LogP contribution is -2.39.